The van der Waals surface area contributed by atoms with Crippen molar-refractivity contribution in [2.75, 3.05) is 0 Å². The van der Waals surface area contributed by atoms with Crippen molar-refractivity contribution in [3.05, 3.63) is 41.0 Å². The van der Waals surface area contributed by atoms with Gasteiger partial charge in [0.15, 0.2) is 11.6 Å². The van der Waals surface area contributed by atoms with Crippen molar-refractivity contribution in [1.29, 1.82) is 0 Å². The van der Waals surface area contributed by atoms with Gasteiger partial charge in [-0.25, -0.2) is 0 Å². The highest BCUT2D eigenvalue weighted by molar-refractivity contribution is 6.25. The Labute approximate surface area is 118 Å². The number of allylic oxidation sites excluding steroid dienone is 1. The maximum Gasteiger partial charge on any atom is 0.306 e. The van der Waals surface area contributed by atoms with E-state index in [1.807, 2.05) is 0 Å². The molecule has 0 bridgehead atoms. The molecule has 1 aliphatic rings. The topological polar surface area (TPSA) is 132 Å². The van der Waals surface area contributed by atoms with Crippen LogP contribution in [0.2, 0.25) is 0 Å². The second-order valence-electron chi connectivity index (χ2n) is 4.60. The van der Waals surface area contributed by atoms with Gasteiger partial charge in [-0.15, -0.1) is 0 Å². The normalized spacial score (nSPS) is 17.0. The Balaban J connectivity index is 2.39. The summed E-state index contributed by atoms with van der Waals surface area (Å²) in [5, 5.41) is 37.6. The molecule has 0 aliphatic heterocycles. The number of aliphatic hydroxyl groups is 2. The number of benzene rings is 1. The maximum absolute atomic E-state index is 12.2. The number of phenolic OH excluding ortho intramolecular Hbond substituents is 1. The van der Waals surface area contributed by atoms with Crippen LogP contribution in [0.5, 0.6) is 5.75 Å². The summed E-state index contributed by atoms with van der Waals surface area (Å²) in [6.45, 7) is 0. The number of Topliss-reactive ketones (excluding diaryl/α,β-unsaturated/α-hetero) is 1. The summed E-state index contributed by atoms with van der Waals surface area (Å²) in [5.74, 6) is -3.15. The zero-order chi connectivity index (χ0) is 15.7. The second-order valence-corrected chi connectivity index (χ2v) is 4.60. The van der Waals surface area contributed by atoms with Gasteiger partial charge in [-0.3, -0.25) is 14.4 Å². The van der Waals surface area contributed by atoms with E-state index in [1.165, 1.54) is 18.2 Å². The third-order valence-corrected chi connectivity index (χ3v) is 3.15. The predicted octanol–water partition coefficient (Wildman–Crippen LogP) is -0.106. The van der Waals surface area contributed by atoms with Gasteiger partial charge < -0.3 is 20.4 Å². The molecule has 21 heavy (non-hydrogen) atoms. The van der Waals surface area contributed by atoms with Crippen LogP contribution < -0.4 is 0 Å². The summed E-state index contributed by atoms with van der Waals surface area (Å²) < 4.78 is 0. The number of fused-ring (bicyclic) bond motifs is 1. The van der Waals surface area contributed by atoms with E-state index in [0.29, 0.717) is 0 Å². The Hall–Kier alpha value is -2.51. The number of phenols is 1. The number of rotatable bonds is 4. The van der Waals surface area contributed by atoms with Crippen molar-refractivity contribution in [3.63, 3.8) is 0 Å². The summed E-state index contributed by atoms with van der Waals surface area (Å²) in [7, 11) is 0. The van der Waals surface area contributed by atoms with E-state index in [9.17, 15) is 29.7 Å². The van der Waals surface area contributed by atoms with Gasteiger partial charge in [-0.2, -0.15) is 0 Å². The molecular weight excluding hydrogens is 280 g/mol. The van der Waals surface area contributed by atoms with Crippen molar-refractivity contribution >= 4 is 17.5 Å². The first-order chi connectivity index (χ1) is 9.82. The van der Waals surface area contributed by atoms with Crippen LogP contribution in [-0.2, 0) is 4.79 Å². The highest BCUT2D eigenvalue weighted by Crippen LogP contribution is 2.30. The van der Waals surface area contributed by atoms with E-state index in [0.717, 1.165) is 6.08 Å². The molecule has 0 spiro atoms. The van der Waals surface area contributed by atoms with Crippen LogP contribution in [0.4, 0.5) is 0 Å². The molecule has 110 valence electrons. The number of hydrogen-bond acceptors (Lipinski definition) is 6. The first-order valence-electron chi connectivity index (χ1n) is 6.03. The lowest BCUT2D eigenvalue weighted by Crippen LogP contribution is -2.35. The molecule has 0 heterocycles. The Morgan fingerprint density at radius 2 is 1.86 bits per heavy atom. The summed E-state index contributed by atoms with van der Waals surface area (Å²) in [5.41, 5.74) is -0.669. The van der Waals surface area contributed by atoms with Crippen LogP contribution >= 0.6 is 0 Å². The summed E-state index contributed by atoms with van der Waals surface area (Å²) in [4.78, 5) is 34.6. The van der Waals surface area contributed by atoms with Crippen LogP contribution in [0, 0.1) is 0 Å². The van der Waals surface area contributed by atoms with Gasteiger partial charge in [0.05, 0.1) is 18.1 Å². The second kappa shape index (κ2) is 5.47. The van der Waals surface area contributed by atoms with Gasteiger partial charge in [-0.1, -0.05) is 12.1 Å². The summed E-state index contributed by atoms with van der Waals surface area (Å²) in [6.07, 6.45) is -3.48. The number of carbonyl (C=O) groups is 3. The highest BCUT2D eigenvalue weighted by atomic mass is 16.4. The first-order valence-corrected chi connectivity index (χ1v) is 6.03. The number of ketones is 2. The molecule has 2 atom stereocenters. The van der Waals surface area contributed by atoms with Gasteiger partial charge in [0.1, 0.15) is 11.9 Å². The molecule has 1 aliphatic carbocycles. The molecule has 0 saturated heterocycles. The average Bonchev–Trinajstić information content (AvgIpc) is 2.41. The van der Waals surface area contributed by atoms with Gasteiger partial charge in [0.25, 0.3) is 0 Å². The molecule has 0 radical (unpaired) electrons. The highest BCUT2D eigenvalue weighted by Gasteiger charge is 2.34. The Morgan fingerprint density at radius 1 is 1.19 bits per heavy atom. The number of carboxylic acids is 1. The fraction of sp³-hybridized carbons (Fsp3) is 0.214. The van der Waals surface area contributed by atoms with Crippen LogP contribution in [0.15, 0.2) is 29.8 Å². The third kappa shape index (κ3) is 2.69. The maximum atomic E-state index is 12.2. The SMILES string of the molecule is O=C(O)CC(O)C(O)C1=CC(=O)c2c(O)cccc2C1=O. The minimum atomic E-state index is -1.80. The molecular formula is C14H12O7. The van der Waals surface area contributed by atoms with E-state index in [1.54, 1.807) is 0 Å². The van der Waals surface area contributed by atoms with Crippen molar-refractivity contribution < 1.29 is 34.8 Å². The smallest absolute Gasteiger partial charge is 0.306 e. The molecule has 1 aromatic carbocycles. The minimum Gasteiger partial charge on any atom is -0.507 e. The lowest BCUT2D eigenvalue weighted by atomic mass is 9.85. The minimum absolute atomic E-state index is 0.0981. The lowest BCUT2D eigenvalue weighted by Gasteiger charge is -2.22. The molecule has 7 heteroatoms. The first kappa shape index (κ1) is 14.9. The van der Waals surface area contributed by atoms with Gasteiger partial charge >= 0.3 is 5.97 Å². The van der Waals surface area contributed by atoms with E-state index in [2.05, 4.69) is 0 Å². The van der Waals surface area contributed by atoms with Crippen molar-refractivity contribution in [2.24, 2.45) is 0 Å². The van der Waals surface area contributed by atoms with Crippen molar-refractivity contribution in [2.45, 2.75) is 18.6 Å². The summed E-state index contributed by atoms with van der Waals surface area (Å²) >= 11 is 0. The molecule has 7 nitrogen and oxygen atoms in total. The number of hydrogen-bond donors (Lipinski definition) is 4. The zero-order valence-corrected chi connectivity index (χ0v) is 10.7. The molecule has 1 aromatic rings. The lowest BCUT2D eigenvalue weighted by molar-refractivity contribution is -0.140. The van der Waals surface area contributed by atoms with Gasteiger partial charge in [-0.05, 0) is 12.1 Å². The Kier molecular flexibility index (Phi) is 3.88. The Morgan fingerprint density at radius 3 is 2.48 bits per heavy atom. The number of aliphatic carboxylic acids is 1. The van der Waals surface area contributed by atoms with E-state index in [4.69, 9.17) is 5.11 Å². The van der Waals surface area contributed by atoms with Crippen molar-refractivity contribution in [3.8, 4) is 5.75 Å². The molecule has 0 amide bonds. The molecule has 0 saturated carbocycles. The largest absolute Gasteiger partial charge is 0.507 e. The number of carbonyl (C=O) groups excluding carboxylic acids is 2. The average molecular weight is 292 g/mol. The number of carboxylic acid groups (broad SMARTS) is 1. The van der Waals surface area contributed by atoms with Gasteiger partial charge in [0.2, 0.25) is 0 Å². The molecule has 4 N–H and O–H groups in total. The molecule has 2 unspecified atom stereocenters. The quantitative estimate of drug-likeness (QED) is 0.608. The van der Waals surface area contributed by atoms with E-state index < -0.39 is 41.7 Å². The van der Waals surface area contributed by atoms with E-state index in [-0.39, 0.29) is 16.9 Å². The third-order valence-electron chi connectivity index (χ3n) is 3.15. The summed E-state index contributed by atoms with van der Waals surface area (Å²) in [6, 6.07) is 3.92. The van der Waals surface area contributed by atoms with Gasteiger partial charge in [0, 0.05) is 11.1 Å². The molecule has 0 aromatic heterocycles. The zero-order valence-electron chi connectivity index (χ0n) is 10.7. The fourth-order valence-electron chi connectivity index (χ4n) is 2.14. The monoisotopic (exact) mass is 292 g/mol. The van der Waals surface area contributed by atoms with E-state index >= 15 is 0 Å². The van der Waals surface area contributed by atoms with Crippen LogP contribution in [0.1, 0.15) is 27.1 Å². The van der Waals surface area contributed by atoms with Crippen LogP contribution in [0.3, 0.4) is 0 Å². The van der Waals surface area contributed by atoms with Crippen LogP contribution in [-0.4, -0.2) is 50.2 Å². The standard InChI is InChI=1S/C14H12O7/c15-8-3-1-2-6-12(8)9(16)4-7(13(6)20)14(21)10(17)5-11(18)19/h1-4,10,14-15,17,21H,5H2,(H,18,19). The number of aromatic hydroxyl groups is 1. The number of aliphatic hydroxyl groups excluding tert-OH is 2. The fourth-order valence-corrected chi connectivity index (χ4v) is 2.14. The predicted molar refractivity (Wildman–Crippen MR) is 69.1 cm³/mol. The molecule has 0 fully saturated rings. The Bertz CT molecular complexity index is 659. The molecule has 2 rings (SSSR count). The van der Waals surface area contributed by atoms with Crippen molar-refractivity contribution in [1.82, 2.24) is 0 Å². The van der Waals surface area contributed by atoms with Crippen LogP contribution in [0.25, 0.3) is 0 Å².